The van der Waals surface area contributed by atoms with Gasteiger partial charge in [-0.2, -0.15) is 5.26 Å². The van der Waals surface area contributed by atoms with Crippen molar-refractivity contribution in [3.63, 3.8) is 0 Å². The molecule has 15 heavy (non-hydrogen) atoms. The maximum Gasteiger partial charge on any atom is 0.141 e. The van der Waals surface area contributed by atoms with Gasteiger partial charge in [-0.15, -0.1) is 0 Å². The molecule has 0 radical (unpaired) electrons. The minimum atomic E-state index is -1.39. The highest BCUT2D eigenvalue weighted by Gasteiger charge is 2.09. The van der Waals surface area contributed by atoms with Crippen molar-refractivity contribution in [2.45, 2.75) is 17.7 Å². The van der Waals surface area contributed by atoms with Gasteiger partial charge in [-0.1, -0.05) is 0 Å². The van der Waals surface area contributed by atoms with E-state index in [-0.39, 0.29) is 4.90 Å². The van der Waals surface area contributed by atoms with Crippen LogP contribution < -0.4 is 5.73 Å². The summed E-state index contributed by atoms with van der Waals surface area (Å²) >= 11 is 0. The fourth-order valence-electron chi connectivity index (χ4n) is 1.09. The highest BCUT2D eigenvalue weighted by atomic mass is 32.2. The Morgan fingerprint density at radius 2 is 2.27 bits per heavy atom. The van der Waals surface area contributed by atoms with E-state index in [0.717, 1.165) is 6.07 Å². The van der Waals surface area contributed by atoms with Crippen molar-refractivity contribution in [3.8, 4) is 6.07 Å². The first-order valence-corrected chi connectivity index (χ1v) is 5.77. The van der Waals surface area contributed by atoms with Crippen LogP contribution in [0.4, 0.5) is 10.1 Å². The first kappa shape index (κ1) is 11.7. The zero-order chi connectivity index (χ0) is 11.3. The molecule has 0 heterocycles. The molecule has 1 rings (SSSR count). The minimum Gasteiger partial charge on any atom is -0.399 e. The second-order valence-corrected chi connectivity index (χ2v) is 4.54. The Bertz CT molecular complexity index is 414. The van der Waals surface area contributed by atoms with Gasteiger partial charge in [-0.25, -0.2) is 4.39 Å². The van der Waals surface area contributed by atoms with Crippen molar-refractivity contribution < 1.29 is 8.60 Å². The average Bonchev–Trinajstić information content (AvgIpc) is 2.17. The van der Waals surface area contributed by atoms with Crippen LogP contribution in [0.25, 0.3) is 0 Å². The van der Waals surface area contributed by atoms with Gasteiger partial charge < -0.3 is 5.73 Å². The SMILES string of the molecule is N#CCCCS(=O)c1ccc(N)cc1F. The summed E-state index contributed by atoms with van der Waals surface area (Å²) in [5.74, 6) is -0.251. The monoisotopic (exact) mass is 226 g/mol. The molecule has 1 atom stereocenters. The molecule has 0 spiro atoms. The second kappa shape index (κ2) is 5.47. The predicted octanol–water partition coefficient (Wildman–Crippen LogP) is 1.82. The highest BCUT2D eigenvalue weighted by molar-refractivity contribution is 7.85. The number of anilines is 1. The van der Waals surface area contributed by atoms with Crippen LogP contribution in [0.1, 0.15) is 12.8 Å². The zero-order valence-electron chi connectivity index (χ0n) is 8.07. The van der Waals surface area contributed by atoms with Crippen LogP contribution in [0.15, 0.2) is 23.1 Å². The van der Waals surface area contributed by atoms with Crippen molar-refractivity contribution in [2.75, 3.05) is 11.5 Å². The summed E-state index contributed by atoms with van der Waals surface area (Å²) in [6, 6.07) is 6.04. The molecular weight excluding hydrogens is 215 g/mol. The lowest BCUT2D eigenvalue weighted by molar-refractivity contribution is 0.595. The van der Waals surface area contributed by atoms with Gasteiger partial charge in [0.05, 0.1) is 21.8 Å². The maximum absolute atomic E-state index is 13.3. The topological polar surface area (TPSA) is 66.9 Å². The Balaban J connectivity index is 2.70. The number of nitrogen functional groups attached to an aromatic ring is 1. The molecule has 0 bridgehead atoms. The average molecular weight is 226 g/mol. The number of nitriles is 1. The molecule has 1 aromatic carbocycles. The van der Waals surface area contributed by atoms with Gasteiger partial charge in [0.15, 0.2) is 0 Å². The molecule has 1 aromatic rings. The molecule has 0 amide bonds. The van der Waals surface area contributed by atoms with Gasteiger partial charge in [-0.05, 0) is 24.6 Å². The van der Waals surface area contributed by atoms with E-state index in [0.29, 0.717) is 24.3 Å². The van der Waals surface area contributed by atoms with Crippen LogP contribution in [0.5, 0.6) is 0 Å². The number of rotatable bonds is 4. The van der Waals surface area contributed by atoms with Crippen LogP contribution in [0, 0.1) is 17.1 Å². The van der Waals surface area contributed by atoms with Crippen molar-refractivity contribution >= 4 is 16.5 Å². The fourth-order valence-corrected chi connectivity index (χ4v) is 2.22. The molecule has 0 aromatic heterocycles. The van der Waals surface area contributed by atoms with Gasteiger partial charge in [-0.3, -0.25) is 4.21 Å². The van der Waals surface area contributed by atoms with E-state index in [2.05, 4.69) is 0 Å². The van der Waals surface area contributed by atoms with Crippen LogP contribution in [-0.2, 0) is 10.8 Å². The van der Waals surface area contributed by atoms with Gasteiger partial charge in [0, 0.05) is 17.9 Å². The predicted molar refractivity (Wildman–Crippen MR) is 56.9 cm³/mol. The van der Waals surface area contributed by atoms with E-state index in [4.69, 9.17) is 11.0 Å². The number of hydrogen-bond acceptors (Lipinski definition) is 3. The molecule has 3 nitrogen and oxygen atoms in total. The molecule has 5 heteroatoms. The Morgan fingerprint density at radius 1 is 1.53 bits per heavy atom. The van der Waals surface area contributed by atoms with Crippen molar-refractivity contribution in [3.05, 3.63) is 24.0 Å². The molecule has 0 fully saturated rings. The maximum atomic E-state index is 13.3. The molecule has 0 aliphatic heterocycles. The van der Waals surface area contributed by atoms with E-state index < -0.39 is 16.6 Å². The van der Waals surface area contributed by atoms with Gasteiger partial charge in [0.1, 0.15) is 5.82 Å². The van der Waals surface area contributed by atoms with Crippen molar-refractivity contribution in [1.82, 2.24) is 0 Å². The smallest absolute Gasteiger partial charge is 0.141 e. The summed E-state index contributed by atoms with van der Waals surface area (Å²) in [5.41, 5.74) is 5.68. The molecule has 80 valence electrons. The largest absolute Gasteiger partial charge is 0.399 e. The molecule has 0 aliphatic rings. The third kappa shape index (κ3) is 3.33. The third-order valence-electron chi connectivity index (χ3n) is 1.82. The highest BCUT2D eigenvalue weighted by Crippen LogP contribution is 2.16. The standard InChI is InChI=1S/C10H11FN2OS/c11-9-7-8(13)3-4-10(9)15(14)6-2-1-5-12/h3-4,7H,1-2,6,13H2. The van der Waals surface area contributed by atoms with Crippen LogP contribution in [-0.4, -0.2) is 9.96 Å². The van der Waals surface area contributed by atoms with E-state index in [1.54, 1.807) is 0 Å². The number of nitrogens with two attached hydrogens (primary N) is 1. The lowest BCUT2D eigenvalue weighted by atomic mass is 10.3. The minimum absolute atomic E-state index is 0.155. The normalized spacial score (nSPS) is 12.0. The first-order valence-electron chi connectivity index (χ1n) is 4.45. The van der Waals surface area contributed by atoms with Gasteiger partial charge >= 0.3 is 0 Å². The van der Waals surface area contributed by atoms with Gasteiger partial charge in [0.25, 0.3) is 0 Å². The van der Waals surface area contributed by atoms with Crippen molar-refractivity contribution in [2.24, 2.45) is 0 Å². The van der Waals surface area contributed by atoms with Crippen LogP contribution in [0.3, 0.4) is 0 Å². The van der Waals surface area contributed by atoms with Crippen LogP contribution in [0.2, 0.25) is 0 Å². The quantitative estimate of drug-likeness (QED) is 0.629. The molecule has 0 saturated heterocycles. The zero-order valence-corrected chi connectivity index (χ0v) is 8.89. The van der Waals surface area contributed by atoms with Crippen molar-refractivity contribution in [1.29, 1.82) is 5.26 Å². The summed E-state index contributed by atoms with van der Waals surface area (Å²) < 4.78 is 24.8. The lowest BCUT2D eigenvalue weighted by Gasteiger charge is -2.03. The summed E-state index contributed by atoms with van der Waals surface area (Å²) in [5, 5.41) is 8.30. The number of nitrogens with zero attached hydrogens (tertiary/aromatic N) is 1. The Kier molecular flexibility index (Phi) is 4.25. The number of halogens is 1. The van der Waals surface area contributed by atoms with E-state index in [9.17, 15) is 8.60 Å². The molecule has 2 N–H and O–H groups in total. The Morgan fingerprint density at radius 3 is 2.87 bits per heavy atom. The molecule has 1 unspecified atom stereocenters. The fraction of sp³-hybridized carbons (Fsp3) is 0.300. The van der Waals surface area contributed by atoms with Crippen LogP contribution >= 0.6 is 0 Å². The number of hydrogen-bond donors (Lipinski definition) is 1. The Labute approximate surface area is 90.2 Å². The molecular formula is C10H11FN2OS. The first-order chi connectivity index (χ1) is 7.15. The number of benzene rings is 1. The number of unbranched alkanes of at least 4 members (excludes halogenated alkanes) is 1. The lowest BCUT2D eigenvalue weighted by Crippen LogP contribution is -2.01. The van der Waals surface area contributed by atoms with E-state index in [1.165, 1.54) is 12.1 Å². The third-order valence-corrected chi connectivity index (χ3v) is 3.30. The van der Waals surface area contributed by atoms with E-state index >= 15 is 0 Å². The van der Waals surface area contributed by atoms with E-state index in [1.807, 2.05) is 6.07 Å². The molecule has 0 aliphatic carbocycles. The Hall–Kier alpha value is -1.41. The summed E-state index contributed by atoms with van der Waals surface area (Å²) in [7, 11) is -1.39. The molecule has 0 saturated carbocycles. The summed E-state index contributed by atoms with van der Waals surface area (Å²) in [6.07, 6.45) is 0.843. The summed E-state index contributed by atoms with van der Waals surface area (Å²) in [4.78, 5) is 0.155. The summed E-state index contributed by atoms with van der Waals surface area (Å²) in [6.45, 7) is 0. The second-order valence-electron chi connectivity index (χ2n) is 3.00. The van der Waals surface area contributed by atoms with Gasteiger partial charge in [0.2, 0.25) is 0 Å².